The lowest BCUT2D eigenvalue weighted by molar-refractivity contribution is 0.110. The van der Waals surface area contributed by atoms with E-state index in [9.17, 15) is 4.79 Å². The molecule has 0 N–H and O–H groups in total. The van der Waals surface area contributed by atoms with E-state index in [4.69, 9.17) is 4.42 Å². The molecule has 74 valence electrons. The zero-order valence-corrected chi connectivity index (χ0v) is 8.09. The highest BCUT2D eigenvalue weighted by Crippen LogP contribution is 2.10. The van der Waals surface area contributed by atoms with E-state index in [0.29, 0.717) is 12.0 Å². The number of rotatable bonds is 3. The second kappa shape index (κ2) is 4.42. The maximum absolute atomic E-state index is 10.4. The Balaban J connectivity index is 2.15. The molecule has 2 rings (SSSR count). The molecule has 2 nitrogen and oxygen atoms in total. The van der Waals surface area contributed by atoms with Crippen LogP contribution in [0, 0.1) is 0 Å². The molecule has 1 heterocycles. The summed E-state index contributed by atoms with van der Waals surface area (Å²) in [7, 11) is 0. The Morgan fingerprint density at radius 1 is 1.00 bits per heavy atom. The summed E-state index contributed by atoms with van der Waals surface area (Å²) in [4.78, 5) is 10.4. The monoisotopic (exact) mass is 198 g/mol. The fraction of sp³-hybridized carbons (Fsp3) is 0. The first kappa shape index (κ1) is 9.46. The van der Waals surface area contributed by atoms with E-state index < -0.39 is 0 Å². The Kier molecular flexibility index (Phi) is 2.79. The molecule has 0 aliphatic carbocycles. The normalized spacial score (nSPS) is 10.7. The molecule has 0 aliphatic rings. The van der Waals surface area contributed by atoms with E-state index in [1.807, 2.05) is 42.5 Å². The smallest absolute Gasteiger partial charge is 0.185 e. The van der Waals surface area contributed by atoms with Gasteiger partial charge in [-0.05, 0) is 11.6 Å². The fourth-order valence-corrected chi connectivity index (χ4v) is 1.27. The minimum atomic E-state index is 0.350. The van der Waals surface area contributed by atoms with Gasteiger partial charge in [-0.3, -0.25) is 4.79 Å². The van der Waals surface area contributed by atoms with Crippen molar-refractivity contribution in [2.24, 2.45) is 0 Å². The highest BCUT2D eigenvalue weighted by molar-refractivity contribution is 5.75. The van der Waals surface area contributed by atoms with Crippen LogP contribution in [0.5, 0.6) is 0 Å². The summed E-state index contributed by atoms with van der Waals surface area (Å²) in [6.45, 7) is 0. The zero-order valence-electron chi connectivity index (χ0n) is 8.09. The first-order chi connectivity index (χ1) is 7.38. The van der Waals surface area contributed by atoms with Crippen molar-refractivity contribution in [1.29, 1.82) is 0 Å². The second-order valence-corrected chi connectivity index (χ2v) is 3.14. The van der Waals surface area contributed by atoms with Crippen molar-refractivity contribution in [3.8, 4) is 0 Å². The molecule has 0 atom stereocenters. The van der Waals surface area contributed by atoms with Crippen LogP contribution in [-0.2, 0) is 0 Å². The van der Waals surface area contributed by atoms with Crippen molar-refractivity contribution >= 4 is 18.4 Å². The van der Waals surface area contributed by atoms with Gasteiger partial charge < -0.3 is 4.42 Å². The van der Waals surface area contributed by atoms with Gasteiger partial charge in [-0.25, -0.2) is 0 Å². The lowest BCUT2D eigenvalue weighted by atomic mass is 10.2. The summed E-state index contributed by atoms with van der Waals surface area (Å²) in [6, 6.07) is 11.7. The van der Waals surface area contributed by atoms with Gasteiger partial charge in [0.2, 0.25) is 0 Å². The summed E-state index contributed by atoms with van der Waals surface area (Å²) in [6.07, 6.45) is 6.13. The van der Waals surface area contributed by atoms with Crippen LogP contribution in [0.4, 0.5) is 0 Å². The van der Waals surface area contributed by atoms with E-state index in [1.54, 1.807) is 12.3 Å². The number of carbonyl (C=O) groups excluding carboxylic acids is 1. The van der Waals surface area contributed by atoms with Gasteiger partial charge in [0.25, 0.3) is 0 Å². The average Bonchev–Trinajstić information content (AvgIpc) is 2.76. The van der Waals surface area contributed by atoms with Gasteiger partial charge in [0.05, 0.1) is 6.26 Å². The molecule has 0 fully saturated rings. The van der Waals surface area contributed by atoms with E-state index in [-0.39, 0.29) is 0 Å². The predicted molar refractivity (Wildman–Crippen MR) is 59.5 cm³/mol. The molecule has 0 saturated carbocycles. The summed E-state index contributed by atoms with van der Waals surface area (Å²) in [5.41, 5.74) is 2.01. The molecule has 2 aromatic rings. The molecule has 1 aromatic carbocycles. The maximum atomic E-state index is 10.4. The number of benzene rings is 1. The van der Waals surface area contributed by atoms with Crippen LogP contribution in [-0.4, -0.2) is 6.29 Å². The zero-order chi connectivity index (χ0) is 10.5. The molecular formula is C13H10O2. The molecule has 0 radical (unpaired) electrons. The van der Waals surface area contributed by atoms with Crippen molar-refractivity contribution in [1.82, 2.24) is 0 Å². The van der Waals surface area contributed by atoms with Gasteiger partial charge >= 0.3 is 0 Å². The third kappa shape index (κ3) is 2.44. The SMILES string of the molecule is O=Cc1cc(/C=C/c2ccccc2)co1. The van der Waals surface area contributed by atoms with Gasteiger partial charge in [0.1, 0.15) is 0 Å². The number of carbonyl (C=O) groups is 1. The van der Waals surface area contributed by atoms with Crippen molar-refractivity contribution in [3.05, 3.63) is 59.5 Å². The molecule has 0 unspecified atom stereocenters. The number of hydrogen-bond donors (Lipinski definition) is 0. The molecule has 2 heteroatoms. The predicted octanol–water partition coefficient (Wildman–Crippen LogP) is 3.26. The van der Waals surface area contributed by atoms with Crippen LogP contribution in [0.3, 0.4) is 0 Å². The van der Waals surface area contributed by atoms with Gasteiger partial charge in [-0.15, -0.1) is 0 Å². The highest BCUT2D eigenvalue weighted by Gasteiger charge is 1.95. The third-order valence-electron chi connectivity index (χ3n) is 2.02. The Labute approximate surface area is 87.8 Å². The number of furan rings is 1. The van der Waals surface area contributed by atoms with E-state index >= 15 is 0 Å². The summed E-state index contributed by atoms with van der Waals surface area (Å²) >= 11 is 0. The Hall–Kier alpha value is -2.09. The highest BCUT2D eigenvalue weighted by atomic mass is 16.3. The quantitative estimate of drug-likeness (QED) is 0.708. The summed E-state index contributed by atoms with van der Waals surface area (Å²) < 4.78 is 4.98. The van der Waals surface area contributed by atoms with E-state index in [1.165, 1.54) is 0 Å². The van der Waals surface area contributed by atoms with Crippen LogP contribution in [0.25, 0.3) is 12.2 Å². The van der Waals surface area contributed by atoms with Crippen molar-refractivity contribution in [2.75, 3.05) is 0 Å². The Morgan fingerprint density at radius 3 is 2.40 bits per heavy atom. The van der Waals surface area contributed by atoms with Crippen LogP contribution < -0.4 is 0 Å². The van der Waals surface area contributed by atoms with Crippen molar-refractivity contribution < 1.29 is 9.21 Å². The van der Waals surface area contributed by atoms with Gasteiger partial charge in [0.15, 0.2) is 12.0 Å². The van der Waals surface area contributed by atoms with E-state index in [2.05, 4.69) is 0 Å². The van der Waals surface area contributed by atoms with Gasteiger partial charge in [-0.2, -0.15) is 0 Å². The van der Waals surface area contributed by atoms with Crippen LogP contribution >= 0.6 is 0 Å². The number of aldehydes is 1. The minimum absolute atomic E-state index is 0.350. The topological polar surface area (TPSA) is 30.2 Å². The third-order valence-corrected chi connectivity index (χ3v) is 2.02. The van der Waals surface area contributed by atoms with Crippen LogP contribution in [0.1, 0.15) is 21.7 Å². The molecule has 0 saturated heterocycles. The van der Waals surface area contributed by atoms with Crippen LogP contribution in [0.15, 0.2) is 47.1 Å². The second-order valence-electron chi connectivity index (χ2n) is 3.14. The average molecular weight is 198 g/mol. The molecule has 0 aliphatic heterocycles. The standard InChI is InChI=1S/C13H10O2/c14-9-13-8-12(10-15-13)7-6-11-4-2-1-3-5-11/h1-10H/b7-6+. The fourth-order valence-electron chi connectivity index (χ4n) is 1.27. The lowest BCUT2D eigenvalue weighted by Gasteiger charge is -1.89. The Bertz CT molecular complexity index is 466. The first-order valence-electron chi connectivity index (χ1n) is 4.65. The largest absolute Gasteiger partial charge is 0.461 e. The molecule has 0 bridgehead atoms. The summed E-state index contributed by atoms with van der Waals surface area (Å²) in [5, 5.41) is 0. The molecular weight excluding hydrogens is 188 g/mol. The van der Waals surface area contributed by atoms with E-state index in [0.717, 1.165) is 11.1 Å². The summed E-state index contributed by atoms with van der Waals surface area (Å²) in [5.74, 6) is 0.350. The molecule has 0 amide bonds. The molecule has 1 aromatic heterocycles. The lowest BCUT2D eigenvalue weighted by Crippen LogP contribution is -1.69. The van der Waals surface area contributed by atoms with Crippen molar-refractivity contribution in [2.45, 2.75) is 0 Å². The Morgan fingerprint density at radius 2 is 1.73 bits per heavy atom. The molecule has 0 spiro atoms. The maximum Gasteiger partial charge on any atom is 0.185 e. The molecule has 15 heavy (non-hydrogen) atoms. The van der Waals surface area contributed by atoms with Crippen LogP contribution in [0.2, 0.25) is 0 Å². The van der Waals surface area contributed by atoms with Gasteiger partial charge in [0, 0.05) is 5.56 Å². The van der Waals surface area contributed by atoms with Gasteiger partial charge in [-0.1, -0.05) is 42.5 Å². The van der Waals surface area contributed by atoms with Crippen molar-refractivity contribution in [3.63, 3.8) is 0 Å². The minimum Gasteiger partial charge on any atom is -0.461 e. The number of hydrogen-bond acceptors (Lipinski definition) is 2. The first-order valence-corrected chi connectivity index (χ1v) is 4.65.